The van der Waals surface area contributed by atoms with Crippen molar-refractivity contribution >= 4 is 11.6 Å². The first-order valence-electron chi connectivity index (χ1n) is 3.60. The van der Waals surface area contributed by atoms with Crippen molar-refractivity contribution in [3.63, 3.8) is 0 Å². The van der Waals surface area contributed by atoms with Gasteiger partial charge in [-0.1, -0.05) is 6.07 Å². The minimum Gasteiger partial charge on any atom is -0.293 e. The summed E-state index contributed by atoms with van der Waals surface area (Å²) in [7, 11) is 0. The van der Waals surface area contributed by atoms with E-state index in [0.717, 1.165) is 0 Å². The van der Waals surface area contributed by atoms with Crippen LogP contribution in [-0.2, 0) is 16.8 Å². The van der Waals surface area contributed by atoms with E-state index in [2.05, 4.69) is 4.98 Å². The number of carbonyl (C=O) groups excluding carboxylic acids is 2. The van der Waals surface area contributed by atoms with Crippen LogP contribution >= 0.6 is 0 Å². The molecule has 3 nitrogen and oxygen atoms in total. The molecule has 1 aromatic heterocycles. The molecular weight excluding hydrogens is 213 g/mol. The smallest absolute Gasteiger partial charge is 0.178 e. The van der Waals surface area contributed by atoms with E-state index in [0.29, 0.717) is 11.4 Å². The van der Waals surface area contributed by atoms with Gasteiger partial charge in [0.15, 0.2) is 11.6 Å². The molecule has 0 spiro atoms. The number of carbonyl (C=O) groups is 2. The van der Waals surface area contributed by atoms with Gasteiger partial charge in [-0.3, -0.25) is 9.59 Å². The van der Waals surface area contributed by atoms with E-state index in [-0.39, 0.29) is 28.3 Å². The second-order valence-corrected chi connectivity index (χ2v) is 2.52. The Labute approximate surface area is 86.8 Å². The van der Waals surface area contributed by atoms with Crippen LogP contribution < -0.4 is 0 Å². The third-order valence-electron chi connectivity index (χ3n) is 1.47. The quantitative estimate of drug-likeness (QED) is 0.712. The van der Waals surface area contributed by atoms with Crippen molar-refractivity contribution in [3.8, 4) is 0 Å². The molecule has 0 fully saturated rings. The zero-order chi connectivity index (χ0) is 9.14. The van der Waals surface area contributed by atoms with Gasteiger partial charge in [-0.15, -0.1) is 0 Å². The molecule has 0 bridgehead atoms. The molecule has 1 heterocycles. The summed E-state index contributed by atoms with van der Waals surface area (Å²) in [4.78, 5) is 25.6. The van der Waals surface area contributed by atoms with E-state index in [9.17, 15) is 9.59 Å². The minimum absolute atomic E-state index is 0. The van der Waals surface area contributed by atoms with Crippen LogP contribution in [0.1, 0.15) is 34.8 Å². The summed E-state index contributed by atoms with van der Waals surface area (Å²) in [6.07, 6.45) is 0. The zero-order valence-electron chi connectivity index (χ0n) is 7.33. The predicted octanol–water partition coefficient (Wildman–Crippen LogP) is 1.48. The first-order valence-corrected chi connectivity index (χ1v) is 3.60. The summed E-state index contributed by atoms with van der Waals surface area (Å²) in [5, 5.41) is 0. The van der Waals surface area contributed by atoms with Crippen LogP contribution in [0.15, 0.2) is 18.2 Å². The van der Waals surface area contributed by atoms with Crippen LogP contribution in [0.2, 0.25) is 0 Å². The number of aromatic nitrogens is 1. The average molecular weight is 222 g/mol. The van der Waals surface area contributed by atoms with Gasteiger partial charge in [0, 0.05) is 30.6 Å². The fraction of sp³-hybridized carbons (Fsp3) is 0.222. The largest absolute Gasteiger partial charge is 0.293 e. The number of hydrogen-bond donors (Lipinski definition) is 0. The topological polar surface area (TPSA) is 47.0 Å². The van der Waals surface area contributed by atoms with Crippen molar-refractivity contribution in [3.05, 3.63) is 29.6 Å². The fourth-order valence-corrected chi connectivity index (χ4v) is 0.827. The molecule has 0 amide bonds. The Balaban J connectivity index is 0.00000144. The minimum atomic E-state index is -0.127. The van der Waals surface area contributed by atoms with Gasteiger partial charge in [-0.2, -0.15) is 0 Å². The van der Waals surface area contributed by atoms with Crippen molar-refractivity contribution in [1.82, 2.24) is 4.98 Å². The molecule has 0 unspecified atom stereocenters. The molecule has 0 aromatic carbocycles. The molecule has 0 aliphatic rings. The molecule has 1 aromatic rings. The molecule has 0 atom stereocenters. The maximum Gasteiger partial charge on any atom is 0.178 e. The van der Waals surface area contributed by atoms with Crippen molar-refractivity contribution in [1.29, 1.82) is 0 Å². The normalized spacial score (nSPS) is 8.77. The molecule has 4 heteroatoms. The summed E-state index contributed by atoms with van der Waals surface area (Å²) in [5.74, 6) is -0.254. The van der Waals surface area contributed by atoms with E-state index in [1.54, 1.807) is 18.2 Å². The third kappa shape index (κ3) is 3.08. The SMILES string of the molecule is CC(=O)c1cccc(C(C)=O)n1.[Co]. The van der Waals surface area contributed by atoms with Gasteiger partial charge in [-0.25, -0.2) is 4.98 Å². The standard InChI is InChI=1S/C9H9NO2.Co/c1-6(11)8-4-3-5-9(10-8)7(2)12;/h3-5H,1-2H3;. The summed E-state index contributed by atoms with van der Waals surface area (Å²) in [6.45, 7) is 2.85. The van der Waals surface area contributed by atoms with Crippen LogP contribution in [-0.4, -0.2) is 16.6 Å². The van der Waals surface area contributed by atoms with Crippen LogP contribution in [0.4, 0.5) is 0 Å². The molecular formula is C9H9CoNO2. The number of ketones is 2. The molecule has 0 N–H and O–H groups in total. The van der Waals surface area contributed by atoms with Gasteiger partial charge >= 0.3 is 0 Å². The van der Waals surface area contributed by atoms with E-state index < -0.39 is 0 Å². The number of rotatable bonds is 2. The van der Waals surface area contributed by atoms with Crippen LogP contribution in [0.3, 0.4) is 0 Å². The number of hydrogen-bond acceptors (Lipinski definition) is 3. The molecule has 1 radical (unpaired) electrons. The van der Waals surface area contributed by atoms with Crippen LogP contribution in [0, 0.1) is 0 Å². The van der Waals surface area contributed by atoms with Gasteiger partial charge in [0.1, 0.15) is 11.4 Å². The average Bonchev–Trinajstić information content (AvgIpc) is 2.04. The van der Waals surface area contributed by atoms with Crippen molar-refractivity contribution in [2.24, 2.45) is 0 Å². The van der Waals surface area contributed by atoms with Gasteiger partial charge in [-0.05, 0) is 12.1 Å². The second-order valence-electron chi connectivity index (χ2n) is 2.52. The monoisotopic (exact) mass is 222 g/mol. The molecule has 0 aliphatic heterocycles. The van der Waals surface area contributed by atoms with E-state index in [1.165, 1.54) is 13.8 Å². The summed E-state index contributed by atoms with van der Waals surface area (Å²) >= 11 is 0. The Kier molecular flexibility index (Phi) is 4.51. The Morgan fingerprint density at radius 2 is 1.46 bits per heavy atom. The van der Waals surface area contributed by atoms with Gasteiger partial charge in [0.25, 0.3) is 0 Å². The Morgan fingerprint density at radius 1 is 1.08 bits per heavy atom. The number of nitrogens with zero attached hydrogens (tertiary/aromatic N) is 1. The second kappa shape index (κ2) is 4.89. The van der Waals surface area contributed by atoms with Crippen molar-refractivity contribution in [2.45, 2.75) is 13.8 Å². The van der Waals surface area contributed by atoms with Gasteiger partial charge in [0.2, 0.25) is 0 Å². The molecule has 13 heavy (non-hydrogen) atoms. The Hall–Kier alpha value is -1.00. The van der Waals surface area contributed by atoms with Crippen LogP contribution in [0.5, 0.6) is 0 Å². The zero-order valence-corrected chi connectivity index (χ0v) is 8.37. The van der Waals surface area contributed by atoms with Gasteiger partial charge in [0.05, 0.1) is 0 Å². The summed E-state index contributed by atoms with van der Waals surface area (Å²) < 4.78 is 0. The number of pyridine rings is 1. The van der Waals surface area contributed by atoms with E-state index in [4.69, 9.17) is 0 Å². The first kappa shape index (κ1) is 12.0. The Bertz CT molecular complexity index is 307. The third-order valence-corrected chi connectivity index (χ3v) is 1.47. The van der Waals surface area contributed by atoms with Crippen molar-refractivity contribution < 1.29 is 26.4 Å². The molecule has 1 rings (SSSR count). The van der Waals surface area contributed by atoms with Crippen molar-refractivity contribution in [2.75, 3.05) is 0 Å². The van der Waals surface area contributed by atoms with Gasteiger partial charge < -0.3 is 0 Å². The maximum atomic E-state index is 10.8. The summed E-state index contributed by atoms with van der Waals surface area (Å²) in [5.41, 5.74) is 0.672. The maximum absolute atomic E-state index is 10.8. The predicted molar refractivity (Wildman–Crippen MR) is 44.2 cm³/mol. The van der Waals surface area contributed by atoms with Crippen LogP contribution in [0.25, 0.3) is 0 Å². The summed E-state index contributed by atoms with van der Waals surface area (Å²) in [6, 6.07) is 4.84. The molecule has 0 saturated heterocycles. The first-order chi connectivity index (χ1) is 5.61. The molecule has 71 valence electrons. The fourth-order valence-electron chi connectivity index (χ4n) is 0.827. The molecule has 0 saturated carbocycles. The Morgan fingerprint density at radius 3 is 1.77 bits per heavy atom. The number of Topliss-reactive ketones (excluding diaryl/α,β-unsaturated/α-hetero) is 2. The molecule has 0 aliphatic carbocycles. The van der Waals surface area contributed by atoms with E-state index in [1.807, 2.05) is 0 Å². The van der Waals surface area contributed by atoms with E-state index >= 15 is 0 Å².